The SMILES string of the molecule is O=C(NCCCN1CCOCC1)C(=O)NC[C@@H](c1cccnc1)N1CCN(c2ccccc2)CC1. The van der Waals surface area contributed by atoms with Gasteiger partial charge in [-0.2, -0.15) is 0 Å². The molecule has 2 aromatic rings. The molecule has 2 fully saturated rings. The van der Waals surface area contributed by atoms with Gasteiger partial charge in [0.15, 0.2) is 0 Å². The molecule has 3 heterocycles. The van der Waals surface area contributed by atoms with Gasteiger partial charge in [0.2, 0.25) is 0 Å². The Hall–Kier alpha value is -3.01. The van der Waals surface area contributed by atoms with Crippen LogP contribution in [0.4, 0.5) is 5.69 Å². The van der Waals surface area contributed by atoms with Crippen LogP contribution in [-0.4, -0.2) is 98.7 Å². The molecule has 0 bridgehead atoms. The molecule has 0 radical (unpaired) electrons. The summed E-state index contributed by atoms with van der Waals surface area (Å²) in [6, 6.07) is 14.3. The van der Waals surface area contributed by atoms with Gasteiger partial charge in [0.1, 0.15) is 0 Å². The van der Waals surface area contributed by atoms with E-state index in [1.165, 1.54) is 5.69 Å². The molecule has 0 aliphatic carbocycles. The first-order chi connectivity index (χ1) is 17.2. The predicted molar refractivity (Wildman–Crippen MR) is 135 cm³/mol. The van der Waals surface area contributed by atoms with E-state index in [4.69, 9.17) is 4.74 Å². The number of anilines is 1. The second-order valence-electron chi connectivity index (χ2n) is 8.93. The quantitative estimate of drug-likeness (QED) is 0.407. The summed E-state index contributed by atoms with van der Waals surface area (Å²) >= 11 is 0. The standard InChI is InChI=1S/C26H36N6O3/c33-25(28-10-5-11-30-16-18-35-19-17-30)26(34)29-21-24(22-6-4-9-27-20-22)32-14-12-31(13-15-32)23-7-2-1-3-8-23/h1-4,6-9,20,24H,5,10-19,21H2,(H,28,33)(H,29,34)/t24-/m0/s1. The average Bonchev–Trinajstić information content (AvgIpc) is 2.93. The normalized spacial score (nSPS) is 18.1. The van der Waals surface area contributed by atoms with Crippen LogP contribution in [-0.2, 0) is 14.3 Å². The summed E-state index contributed by atoms with van der Waals surface area (Å²) in [5.74, 6) is -1.17. The van der Waals surface area contributed by atoms with Crippen LogP contribution in [0.2, 0.25) is 0 Å². The lowest BCUT2D eigenvalue weighted by Gasteiger charge is -2.40. The number of benzene rings is 1. The van der Waals surface area contributed by atoms with Gasteiger partial charge in [0, 0.05) is 70.4 Å². The number of carbonyl (C=O) groups excluding carboxylic acids is 2. The number of pyridine rings is 1. The van der Waals surface area contributed by atoms with Gasteiger partial charge < -0.3 is 20.3 Å². The minimum atomic E-state index is -0.590. The van der Waals surface area contributed by atoms with Crippen LogP contribution in [0.3, 0.4) is 0 Å². The van der Waals surface area contributed by atoms with Crippen molar-refractivity contribution in [2.45, 2.75) is 12.5 Å². The van der Waals surface area contributed by atoms with E-state index in [1.54, 1.807) is 6.20 Å². The van der Waals surface area contributed by atoms with Crippen molar-refractivity contribution in [3.8, 4) is 0 Å². The first-order valence-electron chi connectivity index (χ1n) is 12.5. The Morgan fingerprint density at radius 3 is 2.37 bits per heavy atom. The summed E-state index contributed by atoms with van der Waals surface area (Å²) < 4.78 is 5.35. The predicted octanol–water partition coefficient (Wildman–Crippen LogP) is 0.900. The van der Waals surface area contributed by atoms with Gasteiger partial charge in [-0.25, -0.2) is 0 Å². The van der Waals surface area contributed by atoms with Crippen molar-refractivity contribution in [2.75, 3.05) is 77.0 Å². The van der Waals surface area contributed by atoms with Gasteiger partial charge in [-0.15, -0.1) is 0 Å². The van der Waals surface area contributed by atoms with Gasteiger partial charge in [-0.05, 0) is 36.7 Å². The molecule has 4 rings (SSSR count). The fourth-order valence-electron chi connectivity index (χ4n) is 4.64. The van der Waals surface area contributed by atoms with Crippen molar-refractivity contribution >= 4 is 17.5 Å². The van der Waals surface area contributed by atoms with Crippen LogP contribution in [0.1, 0.15) is 18.0 Å². The highest BCUT2D eigenvalue weighted by Gasteiger charge is 2.26. The van der Waals surface area contributed by atoms with Crippen molar-refractivity contribution in [3.63, 3.8) is 0 Å². The van der Waals surface area contributed by atoms with Crippen LogP contribution in [0.25, 0.3) is 0 Å². The number of ether oxygens (including phenoxy) is 1. The third kappa shape index (κ3) is 7.48. The van der Waals surface area contributed by atoms with Crippen molar-refractivity contribution < 1.29 is 14.3 Å². The van der Waals surface area contributed by atoms with E-state index in [0.717, 1.165) is 71.0 Å². The maximum atomic E-state index is 12.5. The van der Waals surface area contributed by atoms with E-state index in [0.29, 0.717) is 13.1 Å². The minimum Gasteiger partial charge on any atom is -0.379 e. The first-order valence-corrected chi connectivity index (χ1v) is 12.5. The van der Waals surface area contributed by atoms with E-state index >= 15 is 0 Å². The van der Waals surface area contributed by atoms with Crippen LogP contribution < -0.4 is 15.5 Å². The molecule has 9 heteroatoms. The molecular weight excluding hydrogens is 444 g/mol. The van der Waals surface area contributed by atoms with Crippen LogP contribution in [0.15, 0.2) is 54.9 Å². The molecule has 2 aliphatic heterocycles. The minimum absolute atomic E-state index is 0.0420. The van der Waals surface area contributed by atoms with Gasteiger partial charge >= 0.3 is 11.8 Å². The molecule has 2 amide bonds. The van der Waals surface area contributed by atoms with Gasteiger partial charge in [-0.3, -0.25) is 24.4 Å². The first kappa shape index (κ1) is 25.1. The maximum Gasteiger partial charge on any atom is 0.309 e. The van der Waals surface area contributed by atoms with E-state index in [2.05, 4.69) is 54.6 Å². The number of amides is 2. The van der Waals surface area contributed by atoms with Crippen LogP contribution >= 0.6 is 0 Å². The van der Waals surface area contributed by atoms with Crippen molar-refractivity contribution in [1.29, 1.82) is 0 Å². The molecule has 188 valence electrons. The van der Waals surface area contributed by atoms with E-state index < -0.39 is 11.8 Å². The highest BCUT2D eigenvalue weighted by Crippen LogP contribution is 2.23. The largest absolute Gasteiger partial charge is 0.379 e. The number of carbonyl (C=O) groups is 2. The lowest BCUT2D eigenvalue weighted by Crippen LogP contribution is -2.51. The van der Waals surface area contributed by atoms with Gasteiger partial charge in [-0.1, -0.05) is 24.3 Å². The van der Waals surface area contributed by atoms with Gasteiger partial charge in [0.05, 0.1) is 19.3 Å². The Morgan fingerprint density at radius 2 is 1.66 bits per heavy atom. The second kappa shape index (κ2) is 13.2. The molecular formula is C26H36N6O3. The highest BCUT2D eigenvalue weighted by molar-refractivity contribution is 6.35. The van der Waals surface area contributed by atoms with Crippen molar-refractivity contribution in [1.82, 2.24) is 25.4 Å². The van der Waals surface area contributed by atoms with Crippen LogP contribution in [0.5, 0.6) is 0 Å². The molecule has 2 N–H and O–H groups in total. The Labute approximate surface area is 207 Å². The number of nitrogens with zero attached hydrogens (tertiary/aromatic N) is 4. The van der Waals surface area contributed by atoms with E-state index in [-0.39, 0.29) is 6.04 Å². The number of rotatable bonds is 9. The third-order valence-corrected chi connectivity index (χ3v) is 6.65. The maximum absolute atomic E-state index is 12.5. The fraction of sp³-hybridized carbons (Fsp3) is 0.500. The number of para-hydroxylation sites is 1. The molecule has 0 saturated carbocycles. The molecule has 9 nitrogen and oxygen atoms in total. The Morgan fingerprint density at radius 1 is 0.914 bits per heavy atom. The third-order valence-electron chi connectivity index (χ3n) is 6.65. The van der Waals surface area contributed by atoms with Gasteiger partial charge in [0.25, 0.3) is 0 Å². The topological polar surface area (TPSA) is 90.0 Å². The second-order valence-corrected chi connectivity index (χ2v) is 8.93. The smallest absolute Gasteiger partial charge is 0.309 e. The molecule has 35 heavy (non-hydrogen) atoms. The monoisotopic (exact) mass is 480 g/mol. The Balaban J connectivity index is 1.25. The van der Waals surface area contributed by atoms with E-state index in [1.807, 2.05) is 24.4 Å². The molecule has 2 aliphatic rings. The van der Waals surface area contributed by atoms with Crippen molar-refractivity contribution in [2.24, 2.45) is 0 Å². The summed E-state index contributed by atoms with van der Waals surface area (Å²) in [4.78, 5) is 36.1. The molecule has 2 saturated heterocycles. The zero-order valence-corrected chi connectivity index (χ0v) is 20.3. The van der Waals surface area contributed by atoms with Crippen LogP contribution in [0, 0.1) is 0 Å². The zero-order chi connectivity index (χ0) is 24.3. The summed E-state index contributed by atoms with van der Waals surface area (Å²) in [6.07, 6.45) is 4.39. The average molecular weight is 481 g/mol. The lowest BCUT2D eigenvalue weighted by molar-refractivity contribution is -0.139. The highest BCUT2D eigenvalue weighted by atomic mass is 16.5. The number of aromatic nitrogens is 1. The zero-order valence-electron chi connectivity index (χ0n) is 20.3. The summed E-state index contributed by atoms with van der Waals surface area (Å²) in [6.45, 7) is 8.61. The Kier molecular flexibility index (Phi) is 9.45. The summed E-state index contributed by atoms with van der Waals surface area (Å²) in [5.41, 5.74) is 2.26. The Bertz CT molecular complexity index is 915. The summed E-state index contributed by atoms with van der Waals surface area (Å²) in [5, 5.41) is 5.60. The number of hydrogen-bond acceptors (Lipinski definition) is 7. The van der Waals surface area contributed by atoms with E-state index in [9.17, 15) is 9.59 Å². The van der Waals surface area contributed by atoms with Crippen molar-refractivity contribution in [3.05, 3.63) is 60.4 Å². The number of piperazine rings is 1. The molecule has 1 aromatic carbocycles. The lowest BCUT2D eigenvalue weighted by atomic mass is 10.1. The molecule has 1 aromatic heterocycles. The fourth-order valence-corrected chi connectivity index (χ4v) is 4.64. The molecule has 0 spiro atoms. The molecule has 0 unspecified atom stereocenters. The number of nitrogens with one attached hydrogen (secondary N) is 2. The number of hydrogen-bond donors (Lipinski definition) is 2. The number of morpholine rings is 1. The molecule has 1 atom stereocenters. The summed E-state index contributed by atoms with van der Waals surface area (Å²) in [7, 11) is 0.